The van der Waals surface area contributed by atoms with Crippen molar-refractivity contribution in [1.82, 2.24) is 10.0 Å². The summed E-state index contributed by atoms with van der Waals surface area (Å²) in [5, 5.41) is 2.94. The van der Waals surface area contributed by atoms with Crippen molar-refractivity contribution >= 4 is 16.0 Å². The number of ether oxygens (including phenoxy) is 1. The Morgan fingerprint density at radius 2 is 2.05 bits per heavy atom. The molecule has 112 valence electrons. The highest BCUT2D eigenvalue weighted by Gasteiger charge is 2.17. The van der Waals surface area contributed by atoms with Crippen molar-refractivity contribution in [2.45, 2.75) is 24.8 Å². The average Bonchev–Trinajstić information content (AvgIpc) is 2.43. The first-order valence-corrected chi connectivity index (χ1v) is 7.66. The first-order valence-electron chi connectivity index (χ1n) is 6.17. The third-order valence-electron chi connectivity index (χ3n) is 2.99. The van der Waals surface area contributed by atoms with E-state index in [0.29, 0.717) is 11.1 Å². The van der Waals surface area contributed by atoms with E-state index in [1.807, 2.05) is 6.92 Å². The van der Waals surface area contributed by atoms with Gasteiger partial charge in [-0.05, 0) is 44.7 Å². The van der Waals surface area contributed by atoms with Crippen LogP contribution in [0.25, 0.3) is 0 Å². The number of hydrogen-bond donors (Lipinski definition) is 2. The lowest BCUT2D eigenvalue weighted by atomic mass is 10.1. The number of esters is 1. The molecule has 7 heteroatoms. The van der Waals surface area contributed by atoms with Gasteiger partial charge < -0.3 is 10.1 Å². The highest BCUT2D eigenvalue weighted by molar-refractivity contribution is 7.89. The van der Waals surface area contributed by atoms with Crippen molar-refractivity contribution in [3.05, 3.63) is 29.3 Å². The van der Waals surface area contributed by atoms with Crippen LogP contribution in [0, 0.1) is 6.92 Å². The summed E-state index contributed by atoms with van der Waals surface area (Å²) in [4.78, 5) is 11.6. The second-order valence-electron chi connectivity index (χ2n) is 4.51. The molecule has 20 heavy (non-hydrogen) atoms. The van der Waals surface area contributed by atoms with Crippen molar-refractivity contribution in [3.63, 3.8) is 0 Å². The molecule has 1 aromatic carbocycles. The molecule has 1 rings (SSSR count). The number of rotatable bonds is 6. The number of sulfonamides is 1. The molecule has 6 nitrogen and oxygen atoms in total. The van der Waals surface area contributed by atoms with Gasteiger partial charge in [-0.25, -0.2) is 17.9 Å². The van der Waals surface area contributed by atoms with E-state index in [1.54, 1.807) is 14.0 Å². The van der Waals surface area contributed by atoms with Gasteiger partial charge in [0.05, 0.1) is 17.6 Å². The van der Waals surface area contributed by atoms with Crippen LogP contribution >= 0.6 is 0 Å². The Balaban J connectivity index is 2.97. The van der Waals surface area contributed by atoms with E-state index < -0.39 is 16.0 Å². The van der Waals surface area contributed by atoms with Gasteiger partial charge in [-0.1, -0.05) is 0 Å². The maximum Gasteiger partial charge on any atom is 0.338 e. The number of aryl methyl sites for hydroxylation is 1. The number of methoxy groups -OCH3 is 1. The maximum absolute atomic E-state index is 12.1. The molecule has 0 heterocycles. The van der Waals surface area contributed by atoms with Crippen molar-refractivity contribution in [1.29, 1.82) is 0 Å². The van der Waals surface area contributed by atoms with Gasteiger partial charge in [0.25, 0.3) is 0 Å². The quantitative estimate of drug-likeness (QED) is 0.754. The summed E-state index contributed by atoms with van der Waals surface area (Å²) in [6.07, 6.45) is 0. The third kappa shape index (κ3) is 4.03. The number of likely N-dealkylation sites (N-methyl/N-ethyl adjacent to an activating group) is 1. The smallest absolute Gasteiger partial charge is 0.338 e. The molecule has 1 atom stereocenters. The second-order valence-corrected chi connectivity index (χ2v) is 6.28. The van der Waals surface area contributed by atoms with E-state index in [1.165, 1.54) is 25.3 Å². The minimum atomic E-state index is -3.58. The first kappa shape index (κ1) is 16.6. The van der Waals surface area contributed by atoms with E-state index in [-0.39, 0.29) is 17.5 Å². The zero-order valence-corrected chi connectivity index (χ0v) is 12.9. The molecule has 0 aliphatic carbocycles. The lowest BCUT2D eigenvalue weighted by Gasteiger charge is -2.13. The molecule has 1 unspecified atom stereocenters. The van der Waals surface area contributed by atoms with Crippen LogP contribution in [0.5, 0.6) is 0 Å². The van der Waals surface area contributed by atoms with Crippen LogP contribution in [-0.4, -0.2) is 41.1 Å². The maximum atomic E-state index is 12.1. The van der Waals surface area contributed by atoms with Gasteiger partial charge in [0.15, 0.2) is 0 Å². The van der Waals surface area contributed by atoms with Crippen LogP contribution in [0.15, 0.2) is 23.1 Å². The van der Waals surface area contributed by atoms with Gasteiger partial charge >= 0.3 is 5.97 Å². The van der Waals surface area contributed by atoms with Crippen LogP contribution in [-0.2, 0) is 14.8 Å². The molecule has 0 aliphatic rings. The molecule has 0 saturated heterocycles. The Bertz CT molecular complexity index is 584. The molecule has 0 fully saturated rings. The predicted molar refractivity (Wildman–Crippen MR) is 76.2 cm³/mol. The average molecular weight is 300 g/mol. The highest BCUT2D eigenvalue weighted by atomic mass is 32.2. The highest BCUT2D eigenvalue weighted by Crippen LogP contribution is 2.16. The molecule has 0 aliphatic heterocycles. The molecule has 0 spiro atoms. The Morgan fingerprint density at radius 1 is 1.40 bits per heavy atom. The summed E-state index contributed by atoms with van der Waals surface area (Å²) in [6.45, 7) is 3.83. The zero-order chi connectivity index (χ0) is 15.3. The number of nitrogens with one attached hydrogen (secondary N) is 2. The van der Waals surface area contributed by atoms with E-state index in [9.17, 15) is 13.2 Å². The Hall–Kier alpha value is -1.44. The summed E-state index contributed by atoms with van der Waals surface area (Å²) in [5.41, 5.74) is 0.913. The Morgan fingerprint density at radius 3 is 2.55 bits per heavy atom. The molecule has 1 aromatic rings. The summed E-state index contributed by atoms with van der Waals surface area (Å²) in [6, 6.07) is 4.34. The fraction of sp³-hybridized carbons (Fsp3) is 0.462. The summed E-state index contributed by atoms with van der Waals surface area (Å²) >= 11 is 0. The zero-order valence-electron chi connectivity index (χ0n) is 12.1. The Labute approximate surface area is 119 Å². The molecule has 0 bridgehead atoms. The van der Waals surface area contributed by atoms with E-state index in [2.05, 4.69) is 14.8 Å². The van der Waals surface area contributed by atoms with Gasteiger partial charge in [0.1, 0.15) is 0 Å². The topological polar surface area (TPSA) is 84.5 Å². The minimum absolute atomic E-state index is 0.0280. The SMILES string of the molecule is CNC(C)CNS(=O)(=O)c1ccc(C(=O)OC)c(C)c1. The monoisotopic (exact) mass is 300 g/mol. The largest absolute Gasteiger partial charge is 0.465 e. The van der Waals surface area contributed by atoms with E-state index in [4.69, 9.17) is 0 Å². The number of hydrogen-bond acceptors (Lipinski definition) is 5. The molecule has 2 N–H and O–H groups in total. The van der Waals surface area contributed by atoms with Crippen LogP contribution in [0.3, 0.4) is 0 Å². The van der Waals surface area contributed by atoms with E-state index >= 15 is 0 Å². The number of benzene rings is 1. The van der Waals surface area contributed by atoms with Crippen LogP contribution in [0.1, 0.15) is 22.8 Å². The van der Waals surface area contributed by atoms with E-state index in [0.717, 1.165) is 0 Å². The standard InChI is InChI=1S/C13H20N2O4S/c1-9-7-11(5-6-12(9)13(16)19-4)20(17,18)15-8-10(2)14-3/h5-7,10,14-15H,8H2,1-4H3. The number of carbonyl (C=O) groups is 1. The van der Waals surface area contributed by atoms with Crippen molar-refractivity contribution < 1.29 is 17.9 Å². The first-order chi connectivity index (χ1) is 9.31. The third-order valence-corrected chi connectivity index (χ3v) is 4.41. The molecule has 0 amide bonds. The lowest BCUT2D eigenvalue weighted by Crippen LogP contribution is -2.37. The molecular formula is C13H20N2O4S. The molecule has 0 aromatic heterocycles. The lowest BCUT2D eigenvalue weighted by molar-refractivity contribution is 0.0600. The van der Waals surface area contributed by atoms with Crippen LogP contribution in [0.4, 0.5) is 0 Å². The molecular weight excluding hydrogens is 280 g/mol. The van der Waals surface area contributed by atoms with Crippen molar-refractivity contribution in [3.8, 4) is 0 Å². The van der Waals surface area contributed by atoms with Gasteiger partial charge in [0, 0.05) is 12.6 Å². The molecule has 0 saturated carbocycles. The van der Waals surface area contributed by atoms with Gasteiger partial charge in [0.2, 0.25) is 10.0 Å². The summed E-state index contributed by atoms with van der Waals surface area (Å²) < 4.78 is 31.3. The van der Waals surface area contributed by atoms with Crippen LogP contribution in [0.2, 0.25) is 0 Å². The fourth-order valence-electron chi connectivity index (χ4n) is 1.56. The van der Waals surface area contributed by atoms with Crippen molar-refractivity contribution in [2.24, 2.45) is 0 Å². The van der Waals surface area contributed by atoms with Gasteiger partial charge in [-0.3, -0.25) is 0 Å². The second kappa shape index (κ2) is 6.83. The fourth-order valence-corrected chi connectivity index (χ4v) is 2.78. The van der Waals surface area contributed by atoms with Crippen molar-refractivity contribution in [2.75, 3.05) is 20.7 Å². The number of carbonyl (C=O) groups excluding carboxylic acids is 1. The van der Waals surface area contributed by atoms with Gasteiger partial charge in [-0.15, -0.1) is 0 Å². The summed E-state index contributed by atoms with van der Waals surface area (Å²) in [5.74, 6) is -0.483. The minimum Gasteiger partial charge on any atom is -0.465 e. The summed E-state index contributed by atoms with van der Waals surface area (Å²) in [7, 11) is -0.536. The predicted octanol–water partition coefficient (Wildman–Crippen LogP) is 0.668. The molecule has 0 radical (unpaired) electrons. The Kier molecular flexibility index (Phi) is 5.67. The normalized spacial score (nSPS) is 13.0. The van der Waals surface area contributed by atoms with Gasteiger partial charge in [-0.2, -0.15) is 0 Å². The van der Waals surface area contributed by atoms with Crippen LogP contribution < -0.4 is 10.0 Å².